The largest absolute Gasteiger partial charge is 0.391 e. The number of rotatable bonds is 9. The van der Waals surface area contributed by atoms with E-state index in [0.29, 0.717) is 43.2 Å². The van der Waals surface area contributed by atoms with Gasteiger partial charge in [-0.25, -0.2) is 4.98 Å². The summed E-state index contributed by atoms with van der Waals surface area (Å²) in [7, 11) is 0. The van der Waals surface area contributed by atoms with Gasteiger partial charge in [0.2, 0.25) is 0 Å². The van der Waals surface area contributed by atoms with Crippen molar-refractivity contribution in [2.45, 2.75) is 38.8 Å². The maximum atomic E-state index is 12.5. The quantitative estimate of drug-likeness (QED) is 0.540. The number of thiophene rings is 1. The molecule has 3 rings (SSSR count). The second-order valence-corrected chi connectivity index (χ2v) is 8.42. The zero-order chi connectivity index (χ0) is 20.1. The third kappa shape index (κ3) is 5.16. The van der Waals surface area contributed by atoms with Crippen molar-refractivity contribution in [3.63, 3.8) is 0 Å². The molecule has 28 heavy (non-hydrogen) atoms. The van der Waals surface area contributed by atoms with E-state index in [-0.39, 0.29) is 5.56 Å². The summed E-state index contributed by atoms with van der Waals surface area (Å²) in [6.45, 7) is 9.57. The van der Waals surface area contributed by atoms with Crippen molar-refractivity contribution in [2.24, 2.45) is 0 Å². The highest BCUT2D eigenvalue weighted by Crippen LogP contribution is 2.27. The fraction of sp³-hybridized carbons (Fsp3) is 0.364. The molecule has 1 unspecified atom stereocenters. The van der Waals surface area contributed by atoms with Crippen LogP contribution in [0.4, 0.5) is 0 Å². The first-order chi connectivity index (χ1) is 13.5. The maximum absolute atomic E-state index is 12.5. The van der Waals surface area contributed by atoms with Gasteiger partial charge in [-0.1, -0.05) is 50.3 Å². The van der Waals surface area contributed by atoms with Crippen LogP contribution in [0.2, 0.25) is 0 Å². The van der Waals surface area contributed by atoms with Gasteiger partial charge in [0.1, 0.15) is 10.7 Å². The molecule has 2 N–H and O–H groups in total. The van der Waals surface area contributed by atoms with E-state index in [4.69, 9.17) is 0 Å². The third-order valence-corrected chi connectivity index (χ3v) is 5.91. The molecule has 0 aliphatic carbocycles. The zero-order valence-electron chi connectivity index (χ0n) is 16.4. The van der Waals surface area contributed by atoms with Crippen molar-refractivity contribution in [1.29, 1.82) is 0 Å². The number of aliphatic hydroxyl groups is 1. The van der Waals surface area contributed by atoms with Crippen LogP contribution < -0.4 is 5.56 Å². The Kier molecular flexibility index (Phi) is 6.78. The van der Waals surface area contributed by atoms with Gasteiger partial charge in [0, 0.05) is 18.0 Å². The highest BCUT2D eigenvalue weighted by Gasteiger charge is 2.15. The van der Waals surface area contributed by atoms with Gasteiger partial charge in [0.15, 0.2) is 0 Å². The van der Waals surface area contributed by atoms with E-state index in [9.17, 15) is 9.90 Å². The molecule has 0 radical (unpaired) electrons. The van der Waals surface area contributed by atoms with Crippen molar-refractivity contribution in [3.05, 3.63) is 75.7 Å². The standard InChI is InChI=1S/C22H27N3O2S/c1-4-10-25(13-17(26)11-16-8-6-5-7-9-16)14-20-23-21(27)18-12-19(15(2)3)28-22(18)24-20/h4-9,12,15,17,26H,1,10-11,13-14H2,2-3H3,(H,23,24,27). The zero-order valence-corrected chi connectivity index (χ0v) is 17.2. The van der Waals surface area contributed by atoms with Gasteiger partial charge in [0.25, 0.3) is 5.56 Å². The lowest BCUT2D eigenvalue weighted by Gasteiger charge is -2.23. The molecule has 3 aromatic rings. The summed E-state index contributed by atoms with van der Waals surface area (Å²) in [4.78, 5) is 24.0. The average Bonchev–Trinajstić information content (AvgIpc) is 3.08. The number of hydrogen-bond donors (Lipinski definition) is 2. The molecule has 0 amide bonds. The Morgan fingerprint density at radius 1 is 1.32 bits per heavy atom. The monoisotopic (exact) mass is 397 g/mol. The van der Waals surface area contributed by atoms with E-state index in [1.165, 1.54) is 0 Å². The number of aromatic amines is 1. The second-order valence-electron chi connectivity index (χ2n) is 7.36. The topological polar surface area (TPSA) is 69.2 Å². The minimum Gasteiger partial charge on any atom is -0.391 e. The summed E-state index contributed by atoms with van der Waals surface area (Å²) in [6, 6.07) is 11.9. The fourth-order valence-corrected chi connectivity index (χ4v) is 4.25. The molecule has 1 atom stereocenters. The number of nitrogens with one attached hydrogen (secondary N) is 1. The average molecular weight is 398 g/mol. The molecule has 6 heteroatoms. The normalized spacial score (nSPS) is 12.8. The fourth-order valence-electron chi connectivity index (χ4n) is 3.20. The summed E-state index contributed by atoms with van der Waals surface area (Å²) in [5, 5.41) is 11.2. The van der Waals surface area contributed by atoms with Crippen LogP contribution in [0.15, 0.2) is 53.8 Å². The molecule has 2 heterocycles. The Labute approximate surface area is 169 Å². The molecule has 0 aliphatic heterocycles. The number of hydrogen-bond acceptors (Lipinski definition) is 5. The molecule has 0 spiro atoms. The van der Waals surface area contributed by atoms with Crippen LogP contribution in [0.1, 0.15) is 36.0 Å². The van der Waals surface area contributed by atoms with E-state index < -0.39 is 6.10 Å². The van der Waals surface area contributed by atoms with Crippen LogP contribution in [0, 0.1) is 0 Å². The van der Waals surface area contributed by atoms with Gasteiger partial charge >= 0.3 is 0 Å². The maximum Gasteiger partial charge on any atom is 0.259 e. The molecule has 148 valence electrons. The SMILES string of the molecule is C=CCN(Cc1nc2sc(C(C)C)cc2c(=O)[nH]1)CC(O)Cc1ccccc1. The van der Waals surface area contributed by atoms with Crippen LogP contribution in [0.3, 0.4) is 0 Å². The minimum atomic E-state index is -0.507. The van der Waals surface area contributed by atoms with Gasteiger partial charge in [0.05, 0.1) is 18.0 Å². The van der Waals surface area contributed by atoms with Crippen LogP contribution in [-0.2, 0) is 13.0 Å². The molecule has 5 nitrogen and oxygen atoms in total. The smallest absolute Gasteiger partial charge is 0.259 e. The van der Waals surface area contributed by atoms with E-state index >= 15 is 0 Å². The van der Waals surface area contributed by atoms with E-state index in [2.05, 4.69) is 30.4 Å². The van der Waals surface area contributed by atoms with Crippen LogP contribution in [0.25, 0.3) is 10.2 Å². The molecule has 2 aromatic heterocycles. The van der Waals surface area contributed by atoms with Crippen molar-refractivity contribution in [2.75, 3.05) is 13.1 Å². The summed E-state index contributed by atoms with van der Waals surface area (Å²) in [5.41, 5.74) is 0.993. The molecule has 0 saturated carbocycles. The number of aliphatic hydroxyl groups excluding tert-OH is 1. The first-order valence-corrected chi connectivity index (χ1v) is 10.4. The molecule has 0 fully saturated rings. The predicted octanol–water partition coefficient (Wildman–Crippen LogP) is 3.70. The van der Waals surface area contributed by atoms with E-state index in [1.807, 2.05) is 41.3 Å². The van der Waals surface area contributed by atoms with Gasteiger partial charge in [-0.15, -0.1) is 17.9 Å². The lowest BCUT2D eigenvalue weighted by Crippen LogP contribution is -2.34. The molecule has 0 aliphatic rings. The van der Waals surface area contributed by atoms with Gasteiger partial charge < -0.3 is 10.1 Å². The number of nitrogens with zero attached hydrogens (tertiary/aromatic N) is 2. The highest BCUT2D eigenvalue weighted by atomic mass is 32.1. The second kappa shape index (κ2) is 9.28. The Morgan fingerprint density at radius 3 is 2.75 bits per heavy atom. The van der Waals surface area contributed by atoms with Crippen molar-refractivity contribution in [3.8, 4) is 0 Å². The number of aromatic nitrogens is 2. The Morgan fingerprint density at radius 2 is 2.07 bits per heavy atom. The number of fused-ring (bicyclic) bond motifs is 1. The molecule has 0 bridgehead atoms. The lowest BCUT2D eigenvalue weighted by atomic mass is 10.1. The lowest BCUT2D eigenvalue weighted by molar-refractivity contribution is 0.114. The Hall–Kier alpha value is -2.28. The van der Waals surface area contributed by atoms with E-state index in [1.54, 1.807) is 17.4 Å². The van der Waals surface area contributed by atoms with Crippen LogP contribution >= 0.6 is 11.3 Å². The summed E-state index contributed by atoms with van der Waals surface area (Å²) >= 11 is 1.57. The molecule has 0 saturated heterocycles. The summed E-state index contributed by atoms with van der Waals surface area (Å²) < 4.78 is 0. The van der Waals surface area contributed by atoms with Crippen molar-refractivity contribution < 1.29 is 5.11 Å². The minimum absolute atomic E-state index is 0.105. The highest BCUT2D eigenvalue weighted by molar-refractivity contribution is 7.18. The van der Waals surface area contributed by atoms with Crippen molar-refractivity contribution in [1.82, 2.24) is 14.9 Å². The predicted molar refractivity (Wildman–Crippen MR) is 116 cm³/mol. The molecule has 1 aromatic carbocycles. The van der Waals surface area contributed by atoms with Gasteiger partial charge in [-0.05, 0) is 24.0 Å². The number of H-pyrrole nitrogens is 1. The van der Waals surface area contributed by atoms with Gasteiger partial charge in [-0.3, -0.25) is 9.69 Å². The first kappa shape index (κ1) is 20.5. The molecular weight excluding hydrogens is 370 g/mol. The van der Waals surface area contributed by atoms with E-state index in [0.717, 1.165) is 15.3 Å². The van der Waals surface area contributed by atoms with Crippen LogP contribution in [0.5, 0.6) is 0 Å². The number of benzene rings is 1. The molecular formula is C22H27N3O2S. The Balaban J connectivity index is 1.74. The third-order valence-electron chi connectivity index (χ3n) is 4.58. The van der Waals surface area contributed by atoms with Gasteiger partial charge in [-0.2, -0.15) is 0 Å². The summed E-state index contributed by atoms with van der Waals surface area (Å²) in [6.07, 6.45) is 1.88. The van der Waals surface area contributed by atoms with Crippen LogP contribution in [-0.4, -0.2) is 39.2 Å². The Bertz CT molecular complexity index is 978. The first-order valence-electron chi connectivity index (χ1n) is 9.54. The summed E-state index contributed by atoms with van der Waals surface area (Å²) in [5.74, 6) is 0.982. The van der Waals surface area contributed by atoms with Crippen molar-refractivity contribution >= 4 is 21.6 Å².